The van der Waals surface area contributed by atoms with Gasteiger partial charge in [-0.05, 0) is 0 Å². The number of carbonyl (C=O) groups excluding carboxylic acids is 2. The van der Waals surface area contributed by atoms with Gasteiger partial charge in [0.25, 0.3) is 0 Å². The zero-order valence-electron chi connectivity index (χ0n) is 13.1. The first kappa shape index (κ1) is 18.2. The Morgan fingerprint density at radius 2 is 1.91 bits per heavy atom. The van der Waals surface area contributed by atoms with Crippen LogP contribution >= 0.6 is 0 Å². The molecular formula is C11H21B2N3O7. The number of nitrogens with one attached hydrogen (secondary N) is 1. The van der Waals surface area contributed by atoms with Gasteiger partial charge in [0.15, 0.2) is 0 Å². The van der Waals surface area contributed by atoms with Crippen LogP contribution in [0.4, 0.5) is 0 Å². The van der Waals surface area contributed by atoms with Crippen molar-refractivity contribution >= 4 is 26.0 Å². The highest BCUT2D eigenvalue weighted by molar-refractivity contribution is 6.73. The summed E-state index contributed by atoms with van der Waals surface area (Å²) in [6, 6.07) is -0.920. The number of rotatable bonds is 12. The molecule has 2 fully saturated rings. The molecule has 1 atom stereocenters. The summed E-state index contributed by atoms with van der Waals surface area (Å²) < 4.78 is 20.1. The average molecular weight is 329 g/mol. The highest BCUT2D eigenvalue weighted by Gasteiger charge is 2.51. The van der Waals surface area contributed by atoms with Gasteiger partial charge < -0.3 is 34.7 Å². The van der Waals surface area contributed by atoms with Crippen LogP contribution in [0.15, 0.2) is 0 Å². The molecule has 2 aliphatic heterocycles. The van der Waals surface area contributed by atoms with Gasteiger partial charge in [-0.15, -0.1) is 0 Å². The lowest BCUT2D eigenvalue weighted by molar-refractivity contribution is -0.142. The zero-order valence-corrected chi connectivity index (χ0v) is 13.1. The van der Waals surface area contributed by atoms with Crippen LogP contribution in [0.2, 0.25) is 0 Å². The Morgan fingerprint density at radius 3 is 2.48 bits per heavy atom. The summed E-state index contributed by atoms with van der Waals surface area (Å²) >= 11 is 0. The molecule has 2 rings (SSSR count). The minimum atomic E-state index is -0.920. The summed E-state index contributed by atoms with van der Waals surface area (Å²) in [4.78, 5) is 29.8. The van der Waals surface area contributed by atoms with Crippen molar-refractivity contribution < 1.29 is 33.2 Å². The van der Waals surface area contributed by atoms with Crippen molar-refractivity contribution in [2.24, 2.45) is 5.73 Å². The molecule has 0 bridgehead atoms. The highest BCUT2D eigenvalue weighted by Crippen LogP contribution is 2.19. The van der Waals surface area contributed by atoms with E-state index in [4.69, 9.17) is 24.6 Å². The molecule has 2 heterocycles. The van der Waals surface area contributed by atoms with E-state index in [1.165, 1.54) is 7.11 Å². The van der Waals surface area contributed by atoms with Crippen LogP contribution in [0, 0.1) is 0 Å². The number of methoxy groups -OCH3 is 1. The SMILES string of the molecule is COC(=O)C[C@H](N)C(=O)NCCOCCON(B1CO1)B1CO1. The second-order valence-electron chi connectivity index (χ2n) is 5.06. The summed E-state index contributed by atoms with van der Waals surface area (Å²) in [6.07, 6.45) is -0.153. The summed E-state index contributed by atoms with van der Waals surface area (Å²) in [5, 5.41) is 2.58. The van der Waals surface area contributed by atoms with Gasteiger partial charge in [0.2, 0.25) is 5.91 Å². The lowest BCUT2D eigenvalue weighted by atomic mass is 9.81. The van der Waals surface area contributed by atoms with Gasteiger partial charge in [-0.3, -0.25) is 9.59 Å². The average Bonchev–Trinajstić information content (AvgIpc) is 3.42. The maximum absolute atomic E-state index is 11.6. The van der Waals surface area contributed by atoms with Crippen molar-refractivity contribution in [3.63, 3.8) is 0 Å². The molecule has 2 aliphatic rings. The first-order valence-electron chi connectivity index (χ1n) is 7.44. The van der Waals surface area contributed by atoms with Crippen LogP contribution < -0.4 is 11.1 Å². The number of hydrogen-bond donors (Lipinski definition) is 2. The fourth-order valence-corrected chi connectivity index (χ4v) is 1.77. The topological polar surface area (TPSA) is 128 Å². The van der Waals surface area contributed by atoms with E-state index in [0.29, 0.717) is 39.4 Å². The third-order valence-electron chi connectivity index (χ3n) is 3.16. The lowest BCUT2D eigenvalue weighted by Crippen LogP contribution is -2.43. The maximum Gasteiger partial charge on any atom is 0.422 e. The van der Waals surface area contributed by atoms with Crippen LogP contribution in [0.3, 0.4) is 0 Å². The first-order chi connectivity index (χ1) is 11.1. The van der Waals surface area contributed by atoms with Crippen molar-refractivity contribution in [1.82, 2.24) is 10.2 Å². The second kappa shape index (κ2) is 9.20. The molecule has 0 aromatic heterocycles. The van der Waals surface area contributed by atoms with Gasteiger partial charge in [0, 0.05) is 6.54 Å². The number of hydrogen-bond acceptors (Lipinski definition) is 9. The zero-order chi connectivity index (χ0) is 16.7. The predicted octanol–water partition coefficient (Wildman–Crippen LogP) is -2.64. The Bertz CT molecular complexity index is 397. The van der Waals surface area contributed by atoms with E-state index in [2.05, 4.69) is 10.1 Å². The summed E-state index contributed by atoms with van der Waals surface area (Å²) in [5.74, 6) is -0.942. The molecule has 0 spiro atoms. The molecule has 0 radical (unpaired) electrons. The molecule has 0 saturated carbocycles. The Hall–Kier alpha value is -1.17. The van der Waals surface area contributed by atoms with Crippen molar-refractivity contribution in [2.75, 3.05) is 46.5 Å². The van der Waals surface area contributed by atoms with E-state index in [1.807, 2.05) is 0 Å². The fraction of sp³-hybridized carbons (Fsp3) is 0.818. The molecular weight excluding hydrogens is 308 g/mol. The molecule has 0 unspecified atom stereocenters. The van der Waals surface area contributed by atoms with Crippen molar-refractivity contribution in [2.45, 2.75) is 12.5 Å². The second-order valence-corrected chi connectivity index (χ2v) is 5.06. The van der Waals surface area contributed by atoms with E-state index >= 15 is 0 Å². The van der Waals surface area contributed by atoms with Crippen molar-refractivity contribution in [3.8, 4) is 0 Å². The molecule has 23 heavy (non-hydrogen) atoms. The third kappa shape index (κ3) is 6.85. The summed E-state index contributed by atoms with van der Waals surface area (Å²) in [6.45, 7) is 2.67. The number of amides is 1. The third-order valence-corrected chi connectivity index (χ3v) is 3.16. The number of esters is 1. The molecule has 2 saturated heterocycles. The quantitative estimate of drug-likeness (QED) is 0.130. The number of ether oxygens (including phenoxy) is 2. The Balaban J connectivity index is 1.44. The van der Waals surface area contributed by atoms with Crippen LogP contribution in [-0.2, 0) is 33.2 Å². The molecule has 10 nitrogen and oxygen atoms in total. The van der Waals surface area contributed by atoms with E-state index in [-0.39, 0.29) is 20.5 Å². The Morgan fingerprint density at radius 1 is 1.26 bits per heavy atom. The molecule has 128 valence electrons. The molecule has 0 aromatic rings. The highest BCUT2D eigenvalue weighted by atomic mass is 16.7. The monoisotopic (exact) mass is 329 g/mol. The largest absolute Gasteiger partial charge is 0.469 e. The van der Waals surface area contributed by atoms with E-state index in [9.17, 15) is 9.59 Å². The Kier molecular flexibility index (Phi) is 7.27. The predicted molar refractivity (Wildman–Crippen MR) is 79.6 cm³/mol. The minimum Gasteiger partial charge on any atom is -0.469 e. The fourth-order valence-electron chi connectivity index (χ4n) is 1.77. The smallest absolute Gasteiger partial charge is 0.422 e. The summed E-state index contributed by atoms with van der Waals surface area (Å²) in [7, 11) is 1.21. The van der Waals surface area contributed by atoms with Crippen molar-refractivity contribution in [1.29, 1.82) is 0 Å². The molecule has 0 aromatic carbocycles. The van der Waals surface area contributed by atoms with Gasteiger partial charge in [0.1, 0.15) is 0 Å². The molecule has 0 aliphatic carbocycles. The van der Waals surface area contributed by atoms with Crippen molar-refractivity contribution in [3.05, 3.63) is 0 Å². The maximum atomic E-state index is 11.6. The van der Waals surface area contributed by atoms with Crippen LogP contribution in [-0.4, -0.2) is 83.4 Å². The molecule has 3 N–H and O–H groups in total. The van der Waals surface area contributed by atoms with Gasteiger partial charge in [-0.2, -0.15) is 0 Å². The minimum absolute atomic E-state index is 0.0157. The van der Waals surface area contributed by atoms with E-state index in [1.54, 1.807) is 4.89 Å². The van der Waals surface area contributed by atoms with Crippen LogP contribution in [0.1, 0.15) is 6.42 Å². The number of carbonyl (C=O) groups is 2. The summed E-state index contributed by atoms with van der Waals surface area (Å²) in [5.41, 5.74) is 5.55. The van der Waals surface area contributed by atoms with E-state index in [0.717, 1.165) is 0 Å². The van der Waals surface area contributed by atoms with Crippen LogP contribution in [0.25, 0.3) is 0 Å². The number of nitrogens with zero attached hydrogens (tertiary/aromatic N) is 1. The van der Waals surface area contributed by atoms with Gasteiger partial charge in [-0.1, -0.05) is 0 Å². The standard InChI is InChI=1S/C11H21B2N3O7/c1-19-10(17)6-9(14)11(18)15-2-3-20-4-5-23-16(12-7-21-12)13-8-22-13/h9H,2-8,14H2,1H3,(H,15,18)/t9-/m0/s1. The van der Waals surface area contributed by atoms with Gasteiger partial charge in [-0.25, -0.2) is 4.89 Å². The van der Waals surface area contributed by atoms with E-state index < -0.39 is 17.9 Å². The first-order valence-corrected chi connectivity index (χ1v) is 7.44. The number of nitrogens with two attached hydrogens (primary N) is 1. The Labute approximate surface area is 135 Å². The molecule has 12 heteroatoms. The normalized spacial score (nSPS) is 17.2. The van der Waals surface area contributed by atoms with Crippen LogP contribution in [0.5, 0.6) is 0 Å². The van der Waals surface area contributed by atoms with Gasteiger partial charge in [0.05, 0.1) is 52.4 Å². The lowest BCUT2D eigenvalue weighted by Gasteiger charge is -2.15. The van der Waals surface area contributed by atoms with Gasteiger partial charge >= 0.3 is 20.1 Å². The molecule has 1 amide bonds.